The number of nitrogens with one attached hydrogen (secondary N) is 1. The molecule has 1 aliphatic carbocycles. The lowest BCUT2D eigenvalue weighted by Crippen LogP contribution is -2.47. The van der Waals surface area contributed by atoms with Gasteiger partial charge in [-0.15, -0.1) is 0 Å². The highest BCUT2D eigenvalue weighted by atomic mass is 16.3. The minimum absolute atomic E-state index is 0.0657. The topological polar surface area (TPSA) is 58.4 Å². The van der Waals surface area contributed by atoms with Crippen LogP contribution in [0.4, 0.5) is 5.69 Å². The summed E-state index contributed by atoms with van der Waals surface area (Å²) in [4.78, 5) is 19.1. The summed E-state index contributed by atoms with van der Waals surface area (Å²) in [7, 11) is 0. The number of likely N-dealkylation sites (tertiary alicyclic amines) is 1. The van der Waals surface area contributed by atoms with Crippen LogP contribution >= 0.6 is 0 Å². The summed E-state index contributed by atoms with van der Waals surface area (Å²) in [5.74, 6) is 1.45. The Kier molecular flexibility index (Phi) is 3.42. The number of anilines is 1. The van der Waals surface area contributed by atoms with E-state index in [9.17, 15) is 4.79 Å². The van der Waals surface area contributed by atoms with Gasteiger partial charge in [0, 0.05) is 12.2 Å². The molecule has 2 aliphatic rings. The lowest BCUT2D eigenvalue weighted by Gasteiger charge is -2.33. The number of aromatic nitrogens is 1. The molecule has 5 nitrogen and oxygen atoms in total. The van der Waals surface area contributed by atoms with Crippen molar-refractivity contribution >= 4 is 11.6 Å². The molecule has 1 aliphatic heterocycles. The predicted octanol–water partition coefficient (Wildman–Crippen LogP) is 2.67. The quantitative estimate of drug-likeness (QED) is 0.942. The number of carbonyl (C=O) groups excluding carboxylic acids is 1. The summed E-state index contributed by atoms with van der Waals surface area (Å²) < 4.78 is 5.47. The van der Waals surface area contributed by atoms with Gasteiger partial charge in [-0.2, -0.15) is 0 Å². The molecule has 114 valence electrons. The molecule has 3 atom stereocenters. The van der Waals surface area contributed by atoms with E-state index in [-0.39, 0.29) is 11.9 Å². The summed E-state index contributed by atoms with van der Waals surface area (Å²) in [5.41, 5.74) is 0.758. The highest BCUT2D eigenvalue weighted by molar-refractivity contribution is 5.95. The summed E-state index contributed by atoms with van der Waals surface area (Å²) in [5, 5.41) is 3.00. The van der Waals surface area contributed by atoms with Crippen LogP contribution < -0.4 is 5.32 Å². The molecule has 2 aromatic rings. The van der Waals surface area contributed by atoms with Gasteiger partial charge in [-0.25, -0.2) is 0 Å². The Bertz CT molecular complexity index is 641. The van der Waals surface area contributed by atoms with Gasteiger partial charge in [-0.3, -0.25) is 14.7 Å². The minimum Gasteiger partial charge on any atom is -0.468 e. The van der Waals surface area contributed by atoms with Crippen LogP contribution in [0.2, 0.25) is 0 Å². The monoisotopic (exact) mass is 297 g/mol. The van der Waals surface area contributed by atoms with E-state index in [1.807, 2.05) is 24.3 Å². The Labute approximate surface area is 129 Å². The molecule has 1 amide bonds. The zero-order chi connectivity index (χ0) is 14.9. The van der Waals surface area contributed by atoms with Gasteiger partial charge in [-0.05, 0) is 49.4 Å². The SMILES string of the molecule is O=C(Nc1cccnc1)[C@@H]1[C@H]2CC[C@@H](C2)N1Cc1ccco1. The van der Waals surface area contributed by atoms with Gasteiger partial charge >= 0.3 is 0 Å². The molecule has 2 fully saturated rings. The second-order valence-electron chi connectivity index (χ2n) is 6.15. The zero-order valence-electron chi connectivity index (χ0n) is 12.3. The molecule has 1 saturated heterocycles. The van der Waals surface area contributed by atoms with Crippen molar-refractivity contribution in [3.63, 3.8) is 0 Å². The number of amides is 1. The van der Waals surface area contributed by atoms with Gasteiger partial charge < -0.3 is 9.73 Å². The first-order valence-corrected chi connectivity index (χ1v) is 7.80. The van der Waals surface area contributed by atoms with Gasteiger partial charge in [0.1, 0.15) is 5.76 Å². The van der Waals surface area contributed by atoms with E-state index in [0.29, 0.717) is 18.5 Å². The van der Waals surface area contributed by atoms with Crippen molar-refractivity contribution in [3.05, 3.63) is 48.7 Å². The molecule has 1 N–H and O–H groups in total. The third-order valence-electron chi connectivity index (χ3n) is 4.83. The smallest absolute Gasteiger partial charge is 0.242 e. The van der Waals surface area contributed by atoms with Crippen molar-refractivity contribution in [2.24, 2.45) is 5.92 Å². The van der Waals surface area contributed by atoms with Crippen molar-refractivity contribution in [2.75, 3.05) is 5.32 Å². The Hall–Kier alpha value is -2.14. The van der Waals surface area contributed by atoms with Crippen LogP contribution in [-0.4, -0.2) is 27.9 Å². The molecule has 0 radical (unpaired) electrons. The summed E-state index contributed by atoms with van der Waals surface area (Å²) in [6.07, 6.45) is 8.52. The van der Waals surface area contributed by atoms with E-state index in [4.69, 9.17) is 4.42 Å². The number of piperidine rings is 1. The fraction of sp³-hybridized carbons (Fsp3) is 0.412. The molecule has 1 saturated carbocycles. The molecule has 0 spiro atoms. The van der Waals surface area contributed by atoms with E-state index in [2.05, 4.69) is 15.2 Å². The lowest BCUT2D eigenvalue weighted by molar-refractivity contribution is -0.123. The zero-order valence-corrected chi connectivity index (χ0v) is 12.3. The number of pyridine rings is 1. The van der Waals surface area contributed by atoms with E-state index < -0.39 is 0 Å². The van der Waals surface area contributed by atoms with E-state index in [1.165, 1.54) is 6.42 Å². The van der Waals surface area contributed by atoms with E-state index in [1.54, 1.807) is 18.7 Å². The van der Waals surface area contributed by atoms with Gasteiger partial charge in [-0.1, -0.05) is 0 Å². The van der Waals surface area contributed by atoms with Crippen LogP contribution in [0.3, 0.4) is 0 Å². The predicted molar refractivity (Wildman–Crippen MR) is 82.0 cm³/mol. The highest BCUT2D eigenvalue weighted by Crippen LogP contribution is 2.43. The van der Waals surface area contributed by atoms with Crippen molar-refractivity contribution < 1.29 is 9.21 Å². The van der Waals surface area contributed by atoms with Crippen LogP contribution in [0.15, 0.2) is 47.3 Å². The molecule has 5 heteroatoms. The van der Waals surface area contributed by atoms with Crippen LogP contribution in [0, 0.1) is 5.92 Å². The summed E-state index contributed by atoms with van der Waals surface area (Å²) in [6.45, 7) is 0.708. The Morgan fingerprint density at radius 3 is 3.09 bits per heavy atom. The Balaban J connectivity index is 1.52. The fourth-order valence-electron chi connectivity index (χ4n) is 3.91. The Morgan fingerprint density at radius 1 is 1.36 bits per heavy atom. The molecular weight excluding hydrogens is 278 g/mol. The summed E-state index contributed by atoms with van der Waals surface area (Å²) >= 11 is 0. The van der Waals surface area contributed by atoms with Gasteiger partial charge in [0.05, 0.1) is 30.7 Å². The number of carbonyl (C=O) groups is 1. The van der Waals surface area contributed by atoms with Crippen LogP contribution in [0.1, 0.15) is 25.0 Å². The molecule has 22 heavy (non-hydrogen) atoms. The second-order valence-corrected chi connectivity index (χ2v) is 6.15. The van der Waals surface area contributed by atoms with Crippen molar-refractivity contribution in [1.29, 1.82) is 0 Å². The van der Waals surface area contributed by atoms with Gasteiger partial charge in [0.15, 0.2) is 0 Å². The second kappa shape index (κ2) is 5.57. The molecular formula is C17H19N3O2. The first-order chi connectivity index (χ1) is 10.8. The number of rotatable bonds is 4. The van der Waals surface area contributed by atoms with Crippen LogP contribution in [0.25, 0.3) is 0 Å². The molecule has 2 bridgehead atoms. The lowest BCUT2D eigenvalue weighted by atomic mass is 9.97. The van der Waals surface area contributed by atoms with Crippen molar-refractivity contribution in [1.82, 2.24) is 9.88 Å². The molecule has 2 aromatic heterocycles. The average molecular weight is 297 g/mol. The van der Waals surface area contributed by atoms with E-state index >= 15 is 0 Å². The normalized spacial score (nSPS) is 27.2. The molecule has 0 unspecified atom stereocenters. The van der Waals surface area contributed by atoms with Crippen molar-refractivity contribution in [2.45, 2.75) is 37.9 Å². The molecule has 3 heterocycles. The number of nitrogens with zero attached hydrogens (tertiary/aromatic N) is 2. The first-order valence-electron chi connectivity index (χ1n) is 7.80. The Morgan fingerprint density at radius 2 is 2.32 bits per heavy atom. The minimum atomic E-state index is -0.0657. The highest BCUT2D eigenvalue weighted by Gasteiger charge is 2.49. The fourth-order valence-corrected chi connectivity index (χ4v) is 3.91. The van der Waals surface area contributed by atoms with Gasteiger partial charge in [0.25, 0.3) is 0 Å². The third kappa shape index (κ3) is 2.41. The first kappa shape index (κ1) is 13.5. The largest absolute Gasteiger partial charge is 0.468 e. The number of hydrogen-bond acceptors (Lipinski definition) is 4. The maximum atomic E-state index is 12.7. The third-order valence-corrected chi connectivity index (χ3v) is 4.83. The maximum absolute atomic E-state index is 12.7. The number of hydrogen-bond donors (Lipinski definition) is 1. The summed E-state index contributed by atoms with van der Waals surface area (Å²) in [6, 6.07) is 8.01. The van der Waals surface area contributed by atoms with Gasteiger partial charge in [0.2, 0.25) is 5.91 Å². The molecule has 0 aromatic carbocycles. The standard InChI is InChI=1S/C17H19N3O2/c21-17(19-13-3-1-7-18-10-13)16-12-5-6-14(9-12)20(16)11-15-4-2-8-22-15/h1-4,7-8,10,12,14,16H,5-6,9,11H2,(H,19,21)/t12-,14-,16-/m0/s1. The average Bonchev–Trinajstić information content (AvgIpc) is 3.25. The van der Waals surface area contributed by atoms with Crippen molar-refractivity contribution in [3.8, 4) is 0 Å². The van der Waals surface area contributed by atoms with Crippen LogP contribution in [-0.2, 0) is 11.3 Å². The maximum Gasteiger partial charge on any atom is 0.242 e. The molecule has 4 rings (SSSR count). The number of furan rings is 1. The number of fused-ring (bicyclic) bond motifs is 2. The van der Waals surface area contributed by atoms with Crippen LogP contribution in [0.5, 0.6) is 0 Å². The van der Waals surface area contributed by atoms with E-state index in [0.717, 1.165) is 24.3 Å².